The standard InChI is InChI=1S/C3H3N4O2S/c8-3(9)1-2-4-5-6-7(2)10/h1H2,(H,8,9). The highest BCUT2D eigenvalue weighted by molar-refractivity contribution is 7.78. The largest absolute Gasteiger partial charge is 0.481 e. The quantitative estimate of drug-likeness (QED) is 0.614. The summed E-state index contributed by atoms with van der Waals surface area (Å²) < 4.78 is 0.911. The van der Waals surface area contributed by atoms with E-state index in [-0.39, 0.29) is 12.2 Å². The van der Waals surface area contributed by atoms with Crippen molar-refractivity contribution in [3.63, 3.8) is 0 Å². The van der Waals surface area contributed by atoms with Crippen molar-refractivity contribution < 1.29 is 9.90 Å². The molecule has 1 N–H and O–H groups in total. The number of carboxylic acid groups (broad SMARTS) is 1. The van der Waals surface area contributed by atoms with E-state index in [1.165, 1.54) is 0 Å². The molecule has 0 saturated carbocycles. The molecule has 0 aromatic carbocycles. The second kappa shape index (κ2) is 2.56. The first kappa shape index (κ1) is 6.87. The van der Waals surface area contributed by atoms with Gasteiger partial charge in [0.1, 0.15) is 6.42 Å². The van der Waals surface area contributed by atoms with Gasteiger partial charge in [0.2, 0.25) is 0 Å². The Labute approximate surface area is 61.4 Å². The number of nitrogens with zero attached hydrogens (tertiary/aromatic N) is 4. The molecule has 0 bridgehead atoms. The summed E-state index contributed by atoms with van der Waals surface area (Å²) in [6, 6.07) is 0. The molecule has 1 aromatic heterocycles. The Hall–Kier alpha value is -1.24. The highest BCUT2D eigenvalue weighted by atomic mass is 32.1. The molecule has 1 radical (unpaired) electrons. The van der Waals surface area contributed by atoms with E-state index in [2.05, 4.69) is 28.3 Å². The molecule has 0 atom stereocenters. The number of carboxylic acids is 1. The fraction of sp³-hybridized carbons (Fsp3) is 0.333. The first-order valence-electron chi connectivity index (χ1n) is 2.36. The average Bonchev–Trinajstić information content (AvgIpc) is 2.15. The van der Waals surface area contributed by atoms with Crippen LogP contribution in [0.1, 0.15) is 5.82 Å². The van der Waals surface area contributed by atoms with E-state index in [9.17, 15) is 4.79 Å². The van der Waals surface area contributed by atoms with Crippen LogP contribution in [0.5, 0.6) is 0 Å². The summed E-state index contributed by atoms with van der Waals surface area (Å²) in [6.07, 6.45) is -0.240. The van der Waals surface area contributed by atoms with Crippen LogP contribution >= 0.6 is 12.8 Å². The Bertz CT molecular complexity index is 246. The van der Waals surface area contributed by atoms with E-state index in [1.54, 1.807) is 0 Å². The summed E-state index contributed by atoms with van der Waals surface area (Å²) in [5, 5.41) is 18.1. The van der Waals surface area contributed by atoms with Gasteiger partial charge in [-0.3, -0.25) is 4.79 Å². The van der Waals surface area contributed by atoms with Gasteiger partial charge < -0.3 is 5.11 Å². The summed E-state index contributed by atoms with van der Waals surface area (Å²) in [5.41, 5.74) is 0. The number of aromatic nitrogens is 4. The highest BCUT2D eigenvalue weighted by Gasteiger charge is 2.07. The molecule has 0 unspecified atom stereocenters. The van der Waals surface area contributed by atoms with Crippen LogP contribution < -0.4 is 0 Å². The van der Waals surface area contributed by atoms with Crippen molar-refractivity contribution in [2.75, 3.05) is 0 Å². The summed E-state index contributed by atoms with van der Waals surface area (Å²) in [4.78, 5) is 10.1. The molecule has 1 rings (SSSR count). The first-order chi connectivity index (χ1) is 4.70. The van der Waals surface area contributed by atoms with Gasteiger partial charge in [-0.25, -0.2) is 0 Å². The van der Waals surface area contributed by atoms with E-state index in [1.807, 2.05) is 0 Å². The Morgan fingerprint density at radius 3 is 2.90 bits per heavy atom. The number of rotatable bonds is 2. The minimum absolute atomic E-state index is 0.169. The number of carbonyl (C=O) groups is 1. The van der Waals surface area contributed by atoms with Crippen LogP contribution in [0.15, 0.2) is 0 Å². The molecule has 7 heteroatoms. The number of aliphatic carboxylic acids is 1. The zero-order chi connectivity index (χ0) is 7.56. The molecule has 0 fully saturated rings. The lowest BCUT2D eigenvalue weighted by Gasteiger charge is -1.87. The van der Waals surface area contributed by atoms with Gasteiger partial charge >= 0.3 is 5.97 Å². The summed E-state index contributed by atoms with van der Waals surface area (Å²) >= 11 is 4.52. The van der Waals surface area contributed by atoms with Crippen LogP contribution in [-0.4, -0.2) is 30.7 Å². The second-order valence-electron chi connectivity index (χ2n) is 1.54. The molecule has 6 nitrogen and oxygen atoms in total. The Kier molecular flexibility index (Phi) is 1.76. The third-order valence-electron chi connectivity index (χ3n) is 0.812. The number of hydrogen-bond acceptors (Lipinski definition) is 4. The van der Waals surface area contributed by atoms with E-state index >= 15 is 0 Å². The molecule has 0 aliphatic rings. The van der Waals surface area contributed by atoms with Crippen LogP contribution in [0, 0.1) is 0 Å². The second-order valence-corrected chi connectivity index (χ2v) is 1.88. The van der Waals surface area contributed by atoms with Crippen molar-refractivity contribution in [3.8, 4) is 0 Å². The molecular weight excluding hydrogens is 156 g/mol. The molecule has 0 spiro atoms. The Balaban J connectivity index is 2.74. The van der Waals surface area contributed by atoms with Gasteiger partial charge in [0.25, 0.3) is 0 Å². The summed E-state index contributed by atoms with van der Waals surface area (Å²) in [7, 11) is 0. The van der Waals surface area contributed by atoms with Crippen LogP contribution in [0.3, 0.4) is 0 Å². The van der Waals surface area contributed by atoms with Gasteiger partial charge in [-0.2, -0.15) is 0 Å². The minimum Gasteiger partial charge on any atom is -0.481 e. The van der Waals surface area contributed by atoms with E-state index in [0.717, 1.165) is 4.09 Å². The number of hydrogen-bond donors (Lipinski definition) is 1. The topological polar surface area (TPSA) is 80.9 Å². The molecule has 0 aliphatic carbocycles. The molecule has 53 valence electrons. The zero-order valence-electron chi connectivity index (χ0n) is 4.76. The monoisotopic (exact) mass is 159 g/mol. The highest BCUT2D eigenvalue weighted by Crippen LogP contribution is 1.93. The Morgan fingerprint density at radius 2 is 2.50 bits per heavy atom. The van der Waals surface area contributed by atoms with Crippen LogP contribution in [0.4, 0.5) is 0 Å². The predicted molar refractivity (Wildman–Crippen MR) is 32.1 cm³/mol. The fourth-order valence-electron chi connectivity index (χ4n) is 0.436. The van der Waals surface area contributed by atoms with Crippen molar-refractivity contribution in [1.29, 1.82) is 0 Å². The lowest BCUT2D eigenvalue weighted by molar-refractivity contribution is -0.136. The average molecular weight is 159 g/mol. The van der Waals surface area contributed by atoms with Gasteiger partial charge in [-0.05, 0) is 10.4 Å². The maximum absolute atomic E-state index is 10.1. The van der Waals surface area contributed by atoms with Crippen LogP contribution in [-0.2, 0) is 11.2 Å². The number of tetrazole rings is 1. The van der Waals surface area contributed by atoms with E-state index in [0.29, 0.717) is 0 Å². The van der Waals surface area contributed by atoms with E-state index < -0.39 is 5.97 Å². The molecular formula is C3H3N4O2S. The maximum atomic E-state index is 10.1. The van der Waals surface area contributed by atoms with E-state index in [4.69, 9.17) is 5.11 Å². The van der Waals surface area contributed by atoms with Gasteiger partial charge in [0, 0.05) is 12.8 Å². The maximum Gasteiger partial charge on any atom is 0.311 e. The summed E-state index contributed by atoms with van der Waals surface area (Å²) in [5.74, 6) is -0.830. The molecule has 0 amide bonds. The zero-order valence-corrected chi connectivity index (χ0v) is 5.58. The molecule has 0 aliphatic heterocycles. The van der Waals surface area contributed by atoms with Gasteiger partial charge in [0.15, 0.2) is 5.82 Å². The summed E-state index contributed by atoms with van der Waals surface area (Å²) in [6.45, 7) is 0. The van der Waals surface area contributed by atoms with Crippen molar-refractivity contribution in [2.24, 2.45) is 0 Å². The van der Waals surface area contributed by atoms with Crippen molar-refractivity contribution in [2.45, 2.75) is 6.42 Å². The van der Waals surface area contributed by atoms with Crippen molar-refractivity contribution in [3.05, 3.63) is 5.82 Å². The Morgan fingerprint density at radius 1 is 1.80 bits per heavy atom. The van der Waals surface area contributed by atoms with Gasteiger partial charge in [0.05, 0.1) is 0 Å². The normalized spacial score (nSPS) is 9.60. The molecule has 1 heterocycles. The molecule has 0 saturated heterocycles. The first-order valence-corrected chi connectivity index (χ1v) is 2.73. The molecule has 10 heavy (non-hydrogen) atoms. The predicted octanol–water partition coefficient (Wildman–Crippen LogP) is -0.739. The smallest absolute Gasteiger partial charge is 0.311 e. The lowest BCUT2D eigenvalue weighted by Crippen LogP contribution is -2.04. The van der Waals surface area contributed by atoms with Gasteiger partial charge in [-0.1, -0.05) is 0 Å². The van der Waals surface area contributed by atoms with Gasteiger partial charge in [-0.15, -0.1) is 9.19 Å². The minimum atomic E-state index is -0.999. The third kappa shape index (κ3) is 1.38. The lowest BCUT2D eigenvalue weighted by atomic mass is 10.4. The fourth-order valence-corrected chi connectivity index (χ4v) is 0.570. The SMILES string of the molecule is O=C(O)Cc1nnnn1[S]. The third-order valence-corrected chi connectivity index (χ3v) is 1.10. The van der Waals surface area contributed by atoms with Crippen molar-refractivity contribution in [1.82, 2.24) is 19.6 Å². The van der Waals surface area contributed by atoms with Crippen LogP contribution in [0.25, 0.3) is 0 Å². The van der Waals surface area contributed by atoms with Crippen molar-refractivity contribution >= 4 is 18.8 Å². The molecule has 1 aromatic rings. The van der Waals surface area contributed by atoms with Crippen LogP contribution in [0.2, 0.25) is 0 Å².